The van der Waals surface area contributed by atoms with Crippen molar-refractivity contribution >= 4 is 39.2 Å². The molecule has 0 amide bonds. The fourth-order valence-corrected chi connectivity index (χ4v) is 3.79. The smallest absolute Gasteiger partial charge is 0.338 e. The first-order valence-corrected chi connectivity index (χ1v) is 8.11. The van der Waals surface area contributed by atoms with Crippen LogP contribution < -0.4 is 4.72 Å². The molecule has 1 aliphatic carbocycles. The zero-order valence-electron chi connectivity index (χ0n) is 10.6. The zero-order chi connectivity index (χ0) is 15.1. The lowest BCUT2D eigenvalue weighted by molar-refractivity contribution is 0.0697. The molecule has 0 radical (unpaired) electrons. The third-order valence-electron chi connectivity index (χ3n) is 3.35. The van der Waals surface area contributed by atoms with Gasteiger partial charge in [0.25, 0.3) is 0 Å². The van der Waals surface area contributed by atoms with E-state index in [1.54, 1.807) is 0 Å². The predicted molar refractivity (Wildman–Crippen MR) is 76.0 cm³/mol. The number of carboxylic acid groups (broad SMARTS) is 1. The monoisotopic (exact) mass is 337 g/mol. The van der Waals surface area contributed by atoms with Crippen LogP contribution in [0.15, 0.2) is 17.0 Å². The number of hydrogen-bond acceptors (Lipinski definition) is 3. The molecule has 0 spiro atoms. The SMILES string of the molecule is CC1(CNS(=O)(=O)c2ccc(Cl)c(C(=O)O)c2Cl)CC1. The standard InChI is InChI=1S/C12H13Cl2NO4S/c1-12(4-5-12)6-15-20(18,19)8-3-2-7(13)9(10(8)14)11(16)17/h2-3,15H,4-6H2,1H3,(H,16,17). The molecule has 0 unspecified atom stereocenters. The van der Waals surface area contributed by atoms with E-state index in [2.05, 4.69) is 4.72 Å². The molecular weight excluding hydrogens is 325 g/mol. The number of halogens is 2. The molecule has 20 heavy (non-hydrogen) atoms. The Balaban J connectivity index is 2.36. The van der Waals surface area contributed by atoms with Gasteiger partial charge in [-0.3, -0.25) is 0 Å². The molecule has 1 saturated carbocycles. The Hall–Kier alpha value is -0.820. The van der Waals surface area contributed by atoms with Crippen LogP contribution in [-0.2, 0) is 10.0 Å². The molecule has 0 aliphatic heterocycles. The summed E-state index contributed by atoms with van der Waals surface area (Å²) >= 11 is 11.6. The second-order valence-corrected chi connectivity index (χ2v) is 7.70. The van der Waals surface area contributed by atoms with E-state index in [4.69, 9.17) is 28.3 Å². The van der Waals surface area contributed by atoms with Crippen LogP contribution in [-0.4, -0.2) is 26.0 Å². The summed E-state index contributed by atoms with van der Waals surface area (Å²) in [5, 5.41) is 8.54. The van der Waals surface area contributed by atoms with Gasteiger partial charge >= 0.3 is 5.97 Å². The Labute approximate surface area is 126 Å². The number of benzene rings is 1. The summed E-state index contributed by atoms with van der Waals surface area (Å²) in [6, 6.07) is 2.42. The van der Waals surface area contributed by atoms with Gasteiger partial charge in [-0.1, -0.05) is 30.1 Å². The van der Waals surface area contributed by atoms with Crippen LogP contribution in [0.2, 0.25) is 10.0 Å². The van der Waals surface area contributed by atoms with Gasteiger partial charge in [0.05, 0.1) is 15.6 Å². The summed E-state index contributed by atoms with van der Waals surface area (Å²) in [7, 11) is -3.86. The molecule has 1 aromatic carbocycles. The minimum atomic E-state index is -3.86. The van der Waals surface area contributed by atoms with Gasteiger partial charge in [0.15, 0.2) is 0 Å². The van der Waals surface area contributed by atoms with Crippen LogP contribution in [0.1, 0.15) is 30.1 Å². The molecule has 8 heteroatoms. The van der Waals surface area contributed by atoms with Gasteiger partial charge < -0.3 is 5.11 Å². The highest BCUT2D eigenvalue weighted by Crippen LogP contribution is 2.44. The lowest BCUT2D eigenvalue weighted by Crippen LogP contribution is -2.29. The maximum absolute atomic E-state index is 12.2. The predicted octanol–water partition coefficient (Wildman–Crippen LogP) is 2.77. The van der Waals surface area contributed by atoms with Crippen molar-refractivity contribution in [2.45, 2.75) is 24.7 Å². The van der Waals surface area contributed by atoms with E-state index in [9.17, 15) is 13.2 Å². The Kier molecular flexibility index (Phi) is 4.03. The zero-order valence-corrected chi connectivity index (χ0v) is 12.9. The molecule has 5 nitrogen and oxygen atoms in total. The molecule has 0 atom stereocenters. The Morgan fingerprint density at radius 1 is 1.40 bits per heavy atom. The Bertz CT molecular complexity index is 668. The highest BCUT2D eigenvalue weighted by Gasteiger charge is 2.38. The van der Waals surface area contributed by atoms with Crippen molar-refractivity contribution in [1.29, 1.82) is 0 Å². The van der Waals surface area contributed by atoms with Gasteiger partial charge in [-0.25, -0.2) is 17.9 Å². The first-order chi connectivity index (χ1) is 9.16. The van der Waals surface area contributed by atoms with Gasteiger partial charge in [0.1, 0.15) is 4.90 Å². The molecule has 1 fully saturated rings. The lowest BCUT2D eigenvalue weighted by Gasteiger charge is -2.13. The van der Waals surface area contributed by atoms with Crippen LogP contribution in [0.25, 0.3) is 0 Å². The second kappa shape index (κ2) is 5.18. The van der Waals surface area contributed by atoms with E-state index >= 15 is 0 Å². The molecule has 0 heterocycles. The summed E-state index contributed by atoms with van der Waals surface area (Å²) in [4.78, 5) is 10.8. The van der Waals surface area contributed by atoms with Crippen molar-refractivity contribution in [3.05, 3.63) is 27.7 Å². The fourth-order valence-electron chi connectivity index (χ4n) is 1.67. The average Bonchev–Trinajstić information content (AvgIpc) is 3.05. The minimum Gasteiger partial charge on any atom is -0.478 e. The summed E-state index contributed by atoms with van der Waals surface area (Å²) in [6.07, 6.45) is 1.93. The molecule has 0 bridgehead atoms. The number of carboxylic acids is 1. The Morgan fingerprint density at radius 3 is 2.50 bits per heavy atom. The van der Waals surface area contributed by atoms with Crippen molar-refractivity contribution in [1.82, 2.24) is 4.72 Å². The molecule has 1 aromatic rings. The maximum Gasteiger partial charge on any atom is 0.338 e. The first-order valence-electron chi connectivity index (χ1n) is 5.87. The number of aromatic carboxylic acids is 1. The molecule has 2 N–H and O–H groups in total. The van der Waals surface area contributed by atoms with Crippen molar-refractivity contribution in [3.63, 3.8) is 0 Å². The largest absolute Gasteiger partial charge is 0.478 e. The highest BCUT2D eigenvalue weighted by molar-refractivity contribution is 7.89. The third kappa shape index (κ3) is 3.09. The van der Waals surface area contributed by atoms with Gasteiger partial charge in [0, 0.05) is 6.54 Å². The van der Waals surface area contributed by atoms with E-state index in [1.165, 1.54) is 12.1 Å². The molecule has 110 valence electrons. The topological polar surface area (TPSA) is 83.5 Å². The minimum absolute atomic E-state index is 0.0123. The number of sulfonamides is 1. The van der Waals surface area contributed by atoms with E-state index in [0.717, 1.165) is 12.8 Å². The Morgan fingerprint density at radius 2 is 2.00 bits per heavy atom. The molecule has 1 aliphatic rings. The van der Waals surface area contributed by atoms with E-state index < -0.39 is 21.6 Å². The first kappa shape index (κ1) is 15.6. The number of nitrogens with one attached hydrogen (secondary N) is 1. The molecular formula is C12H13Cl2NO4S. The average molecular weight is 338 g/mol. The van der Waals surface area contributed by atoms with E-state index in [1.807, 2.05) is 6.92 Å². The van der Waals surface area contributed by atoms with E-state index in [-0.39, 0.29) is 20.4 Å². The van der Waals surface area contributed by atoms with Crippen molar-refractivity contribution in [3.8, 4) is 0 Å². The number of carbonyl (C=O) groups is 1. The number of hydrogen-bond donors (Lipinski definition) is 2. The van der Waals surface area contributed by atoms with E-state index in [0.29, 0.717) is 6.54 Å². The quantitative estimate of drug-likeness (QED) is 0.865. The summed E-state index contributed by atoms with van der Waals surface area (Å²) in [6.45, 7) is 2.28. The molecule has 0 saturated heterocycles. The van der Waals surface area contributed by atoms with Crippen LogP contribution in [0.3, 0.4) is 0 Å². The fraction of sp³-hybridized carbons (Fsp3) is 0.417. The van der Waals surface area contributed by atoms with Crippen molar-refractivity contribution < 1.29 is 18.3 Å². The highest BCUT2D eigenvalue weighted by atomic mass is 35.5. The lowest BCUT2D eigenvalue weighted by atomic mass is 10.2. The second-order valence-electron chi connectivity index (χ2n) is 5.17. The summed E-state index contributed by atoms with van der Waals surface area (Å²) in [5.41, 5.74) is -0.421. The van der Waals surface area contributed by atoms with Gasteiger partial charge in [0.2, 0.25) is 10.0 Å². The van der Waals surface area contributed by atoms with Crippen LogP contribution in [0.4, 0.5) is 0 Å². The van der Waals surface area contributed by atoms with Crippen LogP contribution >= 0.6 is 23.2 Å². The van der Waals surface area contributed by atoms with Gasteiger partial charge in [-0.05, 0) is 30.4 Å². The number of rotatable bonds is 5. The molecule has 2 rings (SSSR count). The van der Waals surface area contributed by atoms with Crippen LogP contribution in [0, 0.1) is 5.41 Å². The van der Waals surface area contributed by atoms with Crippen LogP contribution in [0.5, 0.6) is 0 Å². The van der Waals surface area contributed by atoms with Gasteiger partial charge in [-0.15, -0.1) is 0 Å². The maximum atomic E-state index is 12.2. The van der Waals surface area contributed by atoms with Crippen molar-refractivity contribution in [2.75, 3.05) is 6.54 Å². The molecule has 0 aromatic heterocycles. The normalized spacial score (nSPS) is 16.9. The van der Waals surface area contributed by atoms with Crippen molar-refractivity contribution in [2.24, 2.45) is 5.41 Å². The third-order valence-corrected chi connectivity index (χ3v) is 5.61. The summed E-state index contributed by atoms with van der Waals surface area (Å²) in [5.74, 6) is -1.37. The summed E-state index contributed by atoms with van der Waals surface area (Å²) < 4.78 is 26.8. The van der Waals surface area contributed by atoms with Gasteiger partial charge in [-0.2, -0.15) is 0 Å².